The van der Waals surface area contributed by atoms with Gasteiger partial charge >= 0.3 is 6.03 Å². The molecule has 2 aromatic carbocycles. The number of benzene rings is 2. The highest BCUT2D eigenvalue weighted by molar-refractivity contribution is 6.06. The number of rotatable bonds is 3. The molecule has 7 heteroatoms. The molecular formula is C24H24N6O. The molecule has 156 valence electrons. The van der Waals surface area contributed by atoms with E-state index in [2.05, 4.69) is 43.5 Å². The topological polar surface area (TPSA) is 73.4 Å². The van der Waals surface area contributed by atoms with Gasteiger partial charge in [-0.25, -0.2) is 4.79 Å². The van der Waals surface area contributed by atoms with E-state index in [1.54, 1.807) is 12.3 Å². The largest absolute Gasteiger partial charge is 0.368 e. The van der Waals surface area contributed by atoms with E-state index >= 15 is 0 Å². The first-order chi connectivity index (χ1) is 15.2. The van der Waals surface area contributed by atoms with Gasteiger partial charge < -0.3 is 20.4 Å². The number of pyridine rings is 2. The van der Waals surface area contributed by atoms with Crippen molar-refractivity contribution in [2.24, 2.45) is 0 Å². The number of nitrogens with one attached hydrogen (secondary N) is 2. The number of piperazine rings is 1. The number of nitrogens with zero attached hydrogens (tertiary/aromatic N) is 4. The highest BCUT2D eigenvalue weighted by atomic mass is 16.2. The van der Waals surface area contributed by atoms with Crippen LogP contribution in [0.3, 0.4) is 0 Å². The van der Waals surface area contributed by atoms with Crippen molar-refractivity contribution in [2.75, 3.05) is 48.8 Å². The monoisotopic (exact) mass is 412 g/mol. The van der Waals surface area contributed by atoms with Crippen LogP contribution < -0.4 is 15.5 Å². The van der Waals surface area contributed by atoms with Gasteiger partial charge in [-0.05, 0) is 43.4 Å². The van der Waals surface area contributed by atoms with Gasteiger partial charge in [-0.2, -0.15) is 0 Å². The molecule has 0 saturated carbocycles. The van der Waals surface area contributed by atoms with Crippen molar-refractivity contribution in [2.45, 2.75) is 0 Å². The van der Waals surface area contributed by atoms with Crippen LogP contribution in [0, 0.1) is 0 Å². The average molecular weight is 412 g/mol. The molecule has 3 heterocycles. The number of urea groups is 1. The fourth-order valence-corrected chi connectivity index (χ4v) is 4.02. The summed E-state index contributed by atoms with van der Waals surface area (Å²) in [5, 5.41) is 7.85. The van der Waals surface area contributed by atoms with Gasteiger partial charge in [-0.1, -0.05) is 18.2 Å². The molecule has 31 heavy (non-hydrogen) atoms. The Morgan fingerprint density at radius 3 is 2.42 bits per heavy atom. The van der Waals surface area contributed by atoms with Gasteiger partial charge in [-0.15, -0.1) is 0 Å². The van der Waals surface area contributed by atoms with E-state index in [-0.39, 0.29) is 6.03 Å². The fourth-order valence-electron chi connectivity index (χ4n) is 4.02. The maximum Gasteiger partial charge on any atom is 0.323 e. The number of anilines is 3. The molecule has 1 saturated heterocycles. The number of fused-ring (bicyclic) bond motifs is 2. The van der Waals surface area contributed by atoms with Crippen molar-refractivity contribution < 1.29 is 4.79 Å². The number of hydrogen-bond acceptors (Lipinski definition) is 5. The Labute approximate surface area is 180 Å². The number of amides is 2. The Bertz CT molecular complexity index is 1240. The molecule has 0 radical (unpaired) electrons. The van der Waals surface area contributed by atoms with Crippen molar-refractivity contribution in [1.82, 2.24) is 14.9 Å². The van der Waals surface area contributed by atoms with Crippen LogP contribution in [0.1, 0.15) is 0 Å². The number of carbonyl (C=O) groups excluding carboxylic acids is 1. The Hall–Kier alpha value is -3.71. The molecule has 2 amide bonds. The first kappa shape index (κ1) is 19.3. The summed E-state index contributed by atoms with van der Waals surface area (Å²) in [6.45, 7) is 4.01. The van der Waals surface area contributed by atoms with E-state index in [9.17, 15) is 4.79 Å². The minimum Gasteiger partial charge on any atom is -0.368 e. The van der Waals surface area contributed by atoms with Crippen LogP contribution in [0.2, 0.25) is 0 Å². The summed E-state index contributed by atoms with van der Waals surface area (Å²) >= 11 is 0. The van der Waals surface area contributed by atoms with E-state index < -0.39 is 0 Å². The molecule has 2 aromatic heterocycles. The molecule has 0 spiro atoms. The molecule has 0 aliphatic carbocycles. The van der Waals surface area contributed by atoms with Gasteiger partial charge in [0.25, 0.3) is 0 Å². The Morgan fingerprint density at radius 1 is 0.839 bits per heavy atom. The lowest BCUT2D eigenvalue weighted by atomic mass is 10.1. The molecule has 0 bridgehead atoms. The van der Waals surface area contributed by atoms with Crippen LogP contribution in [0.4, 0.5) is 21.9 Å². The minimum absolute atomic E-state index is 0.291. The van der Waals surface area contributed by atoms with Gasteiger partial charge in [0, 0.05) is 60.7 Å². The number of carbonyl (C=O) groups is 1. The second-order valence-corrected chi connectivity index (χ2v) is 7.81. The summed E-state index contributed by atoms with van der Waals surface area (Å²) in [6.07, 6.45) is 3.55. The Kier molecular flexibility index (Phi) is 5.09. The van der Waals surface area contributed by atoms with Gasteiger partial charge in [-0.3, -0.25) is 9.97 Å². The predicted molar refractivity (Wildman–Crippen MR) is 126 cm³/mol. The lowest BCUT2D eigenvalue weighted by Gasteiger charge is -2.34. The zero-order valence-electron chi connectivity index (χ0n) is 17.4. The molecule has 1 fully saturated rings. The smallest absolute Gasteiger partial charge is 0.323 e. The zero-order chi connectivity index (χ0) is 21.2. The quantitative estimate of drug-likeness (QED) is 0.528. The first-order valence-electron chi connectivity index (χ1n) is 10.4. The predicted octanol–water partition coefficient (Wildman–Crippen LogP) is 4.18. The molecule has 0 atom stereocenters. The summed E-state index contributed by atoms with van der Waals surface area (Å²) in [5.74, 6) is 0. The summed E-state index contributed by atoms with van der Waals surface area (Å²) < 4.78 is 0. The van der Waals surface area contributed by atoms with Gasteiger partial charge in [0.2, 0.25) is 0 Å². The second-order valence-electron chi connectivity index (χ2n) is 7.81. The molecule has 1 aliphatic heterocycles. The van der Waals surface area contributed by atoms with Crippen LogP contribution in [0.25, 0.3) is 21.8 Å². The average Bonchev–Trinajstić information content (AvgIpc) is 2.79. The maximum atomic E-state index is 12.7. The summed E-state index contributed by atoms with van der Waals surface area (Å²) in [7, 11) is 2.15. The van der Waals surface area contributed by atoms with Crippen molar-refractivity contribution in [3.63, 3.8) is 0 Å². The van der Waals surface area contributed by atoms with Crippen LogP contribution in [0.5, 0.6) is 0 Å². The molecular weight excluding hydrogens is 388 g/mol. The zero-order valence-corrected chi connectivity index (χ0v) is 17.4. The fraction of sp³-hybridized carbons (Fsp3) is 0.208. The highest BCUT2D eigenvalue weighted by Crippen LogP contribution is 2.29. The first-order valence-corrected chi connectivity index (χ1v) is 10.4. The van der Waals surface area contributed by atoms with E-state index in [0.717, 1.165) is 65.0 Å². The SMILES string of the molecule is CN1CCN(c2ccnc3ccc(NC(=O)Nc4ccnc5ccccc45)cc23)CC1. The third-order valence-corrected chi connectivity index (χ3v) is 5.72. The van der Waals surface area contributed by atoms with Gasteiger partial charge in [0.1, 0.15) is 0 Å². The molecule has 5 rings (SSSR count). The van der Waals surface area contributed by atoms with E-state index in [4.69, 9.17) is 0 Å². The van der Waals surface area contributed by atoms with Crippen molar-refractivity contribution >= 4 is 44.9 Å². The van der Waals surface area contributed by atoms with Crippen molar-refractivity contribution in [1.29, 1.82) is 0 Å². The second kappa shape index (κ2) is 8.20. The van der Waals surface area contributed by atoms with Crippen LogP contribution >= 0.6 is 0 Å². The van der Waals surface area contributed by atoms with Gasteiger partial charge in [0.15, 0.2) is 0 Å². The van der Waals surface area contributed by atoms with Crippen LogP contribution in [0.15, 0.2) is 67.0 Å². The summed E-state index contributed by atoms with van der Waals surface area (Å²) in [5.41, 5.74) is 4.37. The highest BCUT2D eigenvalue weighted by Gasteiger charge is 2.17. The normalized spacial score (nSPS) is 14.7. The van der Waals surface area contributed by atoms with E-state index in [1.165, 1.54) is 0 Å². The molecule has 2 N–H and O–H groups in total. The Morgan fingerprint density at radius 2 is 1.58 bits per heavy atom. The molecule has 1 aliphatic rings. The minimum atomic E-state index is -0.291. The lowest BCUT2D eigenvalue weighted by molar-refractivity contribution is 0.262. The molecule has 4 aromatic rings. The van der Waals surface area contributed by atoms with Crippen LogP contribution in [-0.2, 0) is 0 Å². The lowest BCUT2D eigenvalue weighted by Crippen LogP contribution is -2.44. The summed E-state index contributed by atoms with van der Waals surface area (Å²) in [6, 6.07) is 17.1. The molecule has 7 nitrogen and oxygen atoms in total. The van der Waals surface area contributed by atoms with E-state index in [1.807, 2.05) is 48.7 Å². The van der Waals surface area contributed by atoms with Gasteiger partial charge in [0.05, 0.1) is 16.7 Å². The maximum absolute atomic E-state index is 12.7. The van der Waals surface area contributed by atoms with Crippen LogP contribution in [-0.4, -0.2) is 54.1 Å². The third kappa shape index (κ3) is 4.00. The van der Waals surface area contributed by atoms with Crippen molar-refractivity contribution in [3.8, 4) is 0 Å². The number of hydrogen-bond donors (Lipinski definition) is 2. The molecule has 0 unspecified atom stereocenters. The van der Waals surface area contributed by atoms with E-state index in [0.29, 0.717) is 0 Å². The third-order valence-electron chi connectivity index (χ3n) is 5.72. The number of likely N-dealkylation sites (N-methyl/N-ethyl adjacent to an activating group) is 1. The number of aromatic nitrogens is 2. The number of para-hydroxylation sites is 1. The summed E-state index contributed by atoms with van der Waals surface area (Å²) in [4.78, 5) is 26.3. The Balaban J connectivity index is 1.39. The standard InChI is InChI=1S/C24H24N6O/c1-29-12-14-30(15-13-29)23-9-11-26-21-7-6-17(16-19(21)23)27-24(31)28-22-8-10-25-20-5-3-2-4-18(20)22/h2-11,16H,12-15H2,1H3,(H2,25,27,28,31). The van der Waals surface area contributed by atoms with Crippen molar-refractivity contribution in [3.05, 3.63) is 67.0 Å².